The molecule has 0 spiro atoms. The third kappa shape index (κ3) is 7.66. The van der Waals surface area contributed by atoms with Gasteiger partial charge in [0.1, 0.15) is 0 Å². The summed E-state index contributed by atoms with van der Waals surface area (Å²) < 4.78 is 0. The van der Waals surface area contributed by atoms with Gasteiger partial charge in [-0.1, -0.05) is 30.3 Å². The third-order valence-electron chi connectivity index (χ3n) is 6.40. The van der Waals surface area contributed by atoms with Gasteiger partial charge in [-0.2, -0.15) is 0 Å². The molecule has 2 heterocycles. The molecule has 3 atom stereocenters. The number of aromatic nitrogens is 1. The van der Waals surface area contributed by atoms with E-state index < -0.39 is 35.9 Å². The fraction of sp³-hybridized carbons (Fsp3) is 0.440. The van der Waals surface area contributed by atoms with Crippen molar-refractivity contribution < 1.29 is 24.3 Å². The molecular formula is C25H33N7O5S. The van der Waals surface area contributed by atoms with Gasteiger partial charge < -0.3 is 21.5 Å². The number of ketones is 1. The van der Waals surface area contributed by atoms with Gasteiger partial charge in [-0.3, -0.25) is 30.0 Å². The highest BCUT2D eigenvalue weighted by molar-refractivity contribution is 7.12. The molecule has 1 saturated heterocycles. The van der Waals surface area contributed by atoms with Crippen molar-refractivity contribution in [1.29, 1.82) is 5.41 Å². The molecule has 1 aromatic carbocycles. The van der Waals surface area contributed by atoms with Gasteiger partial charge in [0.2, 0.25) is 17.6 Å². The monoisotopic (exact) mass is 543 g/mol. The molecule has 1 fully saturated rings. The van der Waals surface area contributed by atoms with Crippen LogP contribution in [0.5, 0.6) is 0 Å². The number of guanidine groups is 1. The normalized spacial score (nSPS) is 16.9. The standard InChI is InChI=1S/C25H33N7O5S/c1-28-16(13-15-7-3-2-4-8-15)21(34)31-22(35)19-10-6-12-32(19)18(9-5-11-29-25(26)27)20(33)23-30-17(14-38-23)24(36)37/h2-4,7-8,14,16,18-19,28H,5-6,9-13H2,1H3,(H,36,37)(H4,26,27,29)(H,31,34,35)/t16-,18+,19+/m1/s1. The van der Waals surface area contributed by atoms with Gasteiger partial charge in [0.25, 0.3) is 0 Å². The number of Topliss-reactive ketones (excluding diaryl/α,β-unsaturated/α-hetero) is 1. The van der Waals surface area contributed by atoms with Gasteiger partial charge >= 0.3 is 5.97 Å². The van der Waals surface area contributed by atoms with Crippen LogP contribution in [-0.4, -0.2) is 82.8 Å². The Bertz CT molecular complexity index is 1160. The van der Waals surface area contributed by atoms with Crippen LogP contribution in [0.1, 0.15) is 51.5 Å². The highest BCUT2D eigenvalue weighted by Crippen LogP contribution is 2.26. The number of likely N-dealkylation sites (N-methyl/N-ethyl adjacent to an activating group) is 1. The first kappa shape index (κ1) is 28.9. The lowest BCUT2D eigenvalue weighted by atomic mass is 10.0. The van der Waals surface area contributed by atoms with E-state index in [9.17, 15) is 24.3 Å². The summed E-state index contributed by atoms with van der Waals surface area (Å²) in [7, 11) is 1.66. The molecule has 0 saturated carbocycles. The summed E-state index contributed by atoms with van der Waals surface area (Å²) in [5.41, 5.74) is 6.08. The van der Waals surface area contributed by atoms with Crippen molar-refractivity contribution in [2.75, 3.05) is 20.1 Å². The fourth-order valence-corrected chi connectivity index (χ4v) is 5.28. The van der Waals surface area contributed by atoms with E-state index in [4.69, 9.17) is 11.1 Å². The second kappa shape index (κ2) is 13.7. The lowest BCUT2D eigenvalue weighted by molar-refractivity contribution is -0.134. The highest BCUT2D eigenvalue weighted by atomic mass is 32.1. The van der Waals surface area contributed by atoms with Crippen molar-refractivity contribution in [2.45, 2.75) is 50.2 Å². The largest absolute Gasteiger partial charge is 0.476 e. The minimum atomic E-state index is -1.23. The Morgan fingerprint density at radius 2 is 2.00 bits per heavy atom. The van der Waals surface area contributed by atoms with Gasteiger partial charge in [0.15, 0.2) is 16.7 Å². The van der Waals surface area contributed by atoms with Crippen LogP contribution in [0.3, 0.4) is 0 Å². The second-order valence-electron chi connectivity index (χ2n) is 8.99. The van der Waals surface area contributed by atoms with Crippen LogP contribution >= 0.6 is 11.3 Å². The zero-order chi connectivity index (χ0) is 27.7. The van der Waals surface area contributed by atoms with E-state index in [0.29, 0.717) is 45.2 Å². The van der Waals surface area contributed by atoms with Crippen LogP contribution in [0, 0.1) is 5.41 Å². The van der Waals surface area contributed by atoms with E-state index in [2.05, 4.69) is 20.9 Å². The summed E-state index contributed by atoms with van der Waals surface area (Å²) in [5.74, 6) is -2.73. The van der Waals surface area contributed by atoms with Crippen molar-refractivity contribution in [1.82, 2.24) is 25.8 Å². The van der Waals surface area contributed by atoms with Crippen LogP contribution in [0.25, 0.3) is 0 Å². The number of nitrogens with one attached hydrogen (secondary N) is 4. The van der Waals surface area contributed by atoms with Gasteiger partial charge in [-0.05, 0) is 51.3 Å². The molecule has 3 rings (SSSR count). The number of benzene rings is 1. The predicted molar refractivity (Wildman–Crippen MR) is 142 cm³/mol. The molecule has 1 aliphatic rings. The lowest BCUT2D eigenvalue weighted by Crippen LogP contribution is -2.54. The van der Waals surface area contributed by atoms with Crippen molar-refractivity contribution in [2.24, 2.45) is 5.73 Å². The number of thiazole rings is 1. The van der Waals surface area contributed by atoms with Crippen LogP contribution in [0.2, 0.25) is 0 Å². The summed E-state index contributed by atoms with van der Waals surface area (Å²) in [6.45, 7) is 0.809. The minimum Gasteiger partial charge on any atom is -0.476 e. The number of hydrogen-bond donors (Lipinski definition) is 6. The number of nitrogens with zero attached hydrogens (tertiary/aromatic N) is 2. The highest BCUT2D eigenvalue weighted by Gasteiger charge is 2.40. The van der Waals surface area contributed by atoms with E-state index in [-0.39, 0.29) is 22.4 Å². The molecule has 2 aromatic rings. The number of carboxylic acids is 1. The zero-order valence-corrected chi connectivity index (χ0v) is 21.9. The maximum atomic E-state index is 13.5. The first-order valence-electron chi connectivity index (χ1n) is 12.3. The molecule has 0 bridgehead atoms. The van der Waals surface area contributed by atoms with Gasteiger partial charge in [-0.25, -0.2) is 9.78 Å². The Labute approximate surface area is 224 Å². The number of carbonyl (C=O) groups is 4. The number of imide groups is 1. The lowest BCUT2D eigenvalue weighted by Gasteiger charge is -2.31. The van der Waals surface area contributed by atoms with Crippen molar-refractivity contribution in [3.63, 3.8) is 0 Å². The van der Waals surface area contributed by atoms with E-state index in [1.54, 1.807) is 11.9 Å². The number of carboxylic acid groups (broad SMARTS) is 1. The molecule has 0 unspecified atom stereocenters. The number of carbonyl (C=O) groups excluding carboxylic acids is 3. The van der Waals surface area contributed by atoms with Crippen molar-refractivity contribution in [3.05, 3.63) is 52.0 Å². The van der Waals surface area contributed by atoms with Gasteiger partial charge in [0.05, 0.1) is 18.1 Å². The second-order valence-corrected chi connectivity index (χ2v) is 9.84. The Balaban J connectivity index is 1.73. The van der Waals surface area contributed by atoms with Gasteiger partial charge in [0, 0.05) is 11.9 Å². The number of aromatic carboxylic acids is 1. The average Bonchev–Trinajstić information content (AvgIpc) is 3.58. The van der Waals surface area contributed by atoms with Crippen LogP contribution in [-0.2, 0) is 16.0 Å². The van der Waals surface area contributed by atoms with Crippen molar-refractivity contribution >= 4 is 40.9 Å². The quantitative estimate of drug-likeness (QED) is 0.0902. The van der Waals surface area contributed by atoms with E-state index in [0.717, 1.165) is 16.9 Å². The molecule has 7 N–H and O–H groups in total. The average molecular weight is 544 g/mol. The molecule has 38 heavy (non-hydrogen) atoms. The zero-order valence-electron chi connectivity index (χ0n) is 21.1. The molecule has 12 nitrogen and oxygen atoms in total. The Morgan fingerprint density at radius 1 is 1.26 bits per heavy atom. The first-order valence-corrected chi connectivity index (χ1v) is 13.2. The Morgan fingerprint density at radius 3 is 2.63 bits per heavy atom. The molecular weight excluding hydrogens is 510 g/mol. The fourth-order valence-electron chi connectivity index (χ4n) is 4.50. The minimum absolute atomic E-state index is 0.0483. The number of likely N-dealkylation sites (tertiary alicyclic amines) is 1. The number of hydrogen-bond acceptors (Lipinski definition) is 9. The van der Waals surface area contributed by atoms with Crippen LogP contribution < -0.4 is 21.7 Å². The molecule has 2 amide bonds. The van der Waals surface area contributed by atoms with E-state index >= 15 is 0 Å². The molecule has 0 aliphatic carbocycles. The summed E-state index contributed by atoms with van der Waals surface area (Å²) in [4.78, 5) is 56.7. The van der Waals surface area contributed by atoms with E-state index in [1.807, 2.05) is 30.3 Å². The van der Waals surface area contributed by atoms with Gasteiger partial charge in [-0.15, -0.1) is 11.3 Å². The van der Waals surface area contributed by atoms with E-state index in [1.165, 1.54) is 5.38 Å². The van der Waals surface area contributed by atoms with Crippen molar-refractivity contribution in [3.8, 4) is 0 Å². The number of rotatable bonds is 13. The van der Waals surface area contributed by atoms with Crippen LogP contribution in [0.4, 0.5) is 0 Å². The molecule has 1 aliphatic heterocycles. The van der Waals surface area contributed by atoms with Crippen LogP contribution in [0.15, 0.2) is 35.7 Å². The predicted octanol–water partition coefficient (Wildman–Crippen LogP) is 0.594. The number of nitrogens with two attached hydrogens (primary N) is 1. The summed E-state index contributed by atoms with van der Waals surface area (Å²) in [6, 6.07) is 7.39. The molecule has 1 aromatic heterocycles. The molecule has 204 valence electrons. The number of amides is 2. The SMILES string of the molecule is CN[C@H](Cc1ccccc1)C(=O)NC(=O)[C@@H]1CCCN1[C@@H](CCCNC(=N)N)C(=O)c1nc(C(=O)O)cs1. The summed E-state index contributed by atoms with van der Waals surface area (Å²) in [5, 5.41) is 26.0. The Hall–Kier alpha value is -3.68. The third-order valence-corrected chi connectivity index (χ3v) is 7.25. The maximum absolute atomic E-state index is 13.5. The molecule has 0 radical (unpaired) electrons. The summed E-state index contributed by atoms with van der Waals surface area (Å²) >= 11 is 0.944. The topological polar surface area (TPSA) is 191 Å². The maximum Gasteiger partial charge on any atom is 0.355 e. The molecule has 13 heteroatoms. The Kier molecular flexibility index (Phi) is 10.4. The summed E-state index contributed by atoms with van der Waals surface area (Å²) in [6.07, 6.45) is 2.32. The smallest absolute Gasteiger partial charge is 0.355 e. The first-order chi connectivity index (χ1) is 18.2.